The van der Waals surface area contributed by atoms with E-state index in [0.29, 0.717) is 11.4 Å². The second-order valence-electron chi connectivity index (χ2n) is 5.59. The molecule has 0 saturated heterocycles. The van der Waals surface area contributed by atoms with Crippen LogP contribution in [-0.4, -0.2) is 11.4 Å². The van der Waals surface area contributed by atoms with Crippen LogP contribution in [0.4, 0.5) is 0 Å². The second kappa shape index (κ2) is 7.67. The Morgan fingerprint density at radius 1 is 0.857 bits per heavy atom. The Labute approximate surface area is 131 Å². The molecule has 0 N–H and O–H groups in total. The van der Waals surface area contributed by atoms with Gasteiger partial charge in [-0.1, -0.05) is 61.4 Å². The van der Waals surface area contributed by atoms with Gasteiger partial charge in [-0.2, -0.15) is 0 Å². The number of ether oxygens (including phenoxy) is 1. The molecule has 0 bridgehead atoms. The Morgan fingerprint density at radius 2 is 1.52 bits per heavy atom. The fourth-order valence-electron chi connectivity index (χ4n) is 2.84. The molecule has 1 fully saturated rings. The second-order valence-corrected chi connectivity index (χ2v) is 6.90. The quantitative estimate of drug-likeness (QED) is 0.740. The first-order valence-electron chi connectivity index (χ1n) is 7.79. The highest BCUT2D eigenvalue weighted by Gasteiger charge is 2.26. The van der Waals surface area contributed by atoms with E-state index in [-0.39, 0.29) is 0 Å². The Morgan fingerprint density at radius 3 is 2.29 bits per heavy atom. The van der Waals surface area contributed by atoms with Crippen molar-refractivity contribution in [2.24, 2.45) is 0 Å². The van der Waals surface area contributed by atoms with Crippen LogP contribution in [0.1, 0.15) is 31.2 Å². The van der Waals surface area contributed by atoms with E-state index >= 15 is 0 Å². The lowest BCUT2D eigenvalue weighted by Crippen LogP contribution is -2.29. The summed E-state index contributed by atoms with van der Waals surface area (Å²) in [5.74, 6) is 0. The third kappa shape index (κ3) is 4.36. The molecule has 3 rings (SSSR count). The Kier molecular flexibility index (Phi) is 5.36. The third-order valence-corrected chi connectivity index (χ3v) is 5.37. The molecule has 2 heteroatoms. The topological polar surface area (TPSA) is 9.23 Å². The van der Waals surface area contributed by atoms with E-state index in [1.165, 1.54) is 36.1 Å². The van der Waals surface area contributed by atoms with Crippen LogP contribution in [0.25, 0.3) is 0 Å². The number of thioether (sulfide) groups is 1. The highest BCUT2D eigenvalue weighted by atomic mass is 32.2. The summed E-state index contributed by atoms with van der Waals surface area (Å²) in [4.78, 5) is 1.36. The van der Waals surface area contributed by atoms with Gasteiger partial charge in [-0.05, 0) is 30.5 Å². The minimum absolute atomic E-state index is 0.379. The maximum atomic E-state index is 6.23. The van der Waals surface area contributed by atoms with Gasteiger partial charge in [0, 0.05) is 10.1 Å². The Balaban J connectivity index is 1.59. The fraction of sp³-hybridized carbons (Fsp3) is 0.368. The Hall–Kier alpha value is -1.25. The summed E-state index contributed by atoms with van der Waals surface area (Å²) >= 11 is 1.98. The first-order chi connectivity index (χ1) is 10.4. The molecule has 2 atom stereocenters. The van der Waals surface area contributed by atoms with Crippen LogP contribution >= 0.6 is 11.8 Å². The monoisotopic (exact) mass is 298 g/mol. The summed E-state index contributed by atoms with van der Waals surface area (Å²) in [7, 11) is 0. The zero-order valence-electron chi connectivity index (χ0n) is 12.3. The van der Waals surface area contributed by atoms with E-state index in [1.807, 2.05) is 11.8 Å². The predicted molar refractivity (Wildman–Crippen MR) is 89.6 cm³/mol. The zero-order valence-corrected chi connectivity index (χ0v) is 13.1. The summed E-state index contributed by atoms with van der Waals surface area (Å²) in [6, 6.07) is 21.2. The van der Waals surface area contributed by atoms with Crippen molar-refractivity contribution >= 4 is 11.8 Å². The van der Waals surface area contributed by atoms with E-state index in [4.69, 9.17) is 4.74 Å². The standard InChI is InChI=1S/C19H22OS/c1-3-9-16(10-4-1)15-20-18-13-7-8-14-19(18)21-17-11-5-2-6-12-17/h1-6,9-12,18-19H,7-8,13-15H2/t18-,19-/m0/s1. The van der Waals surface area contributed by atoms with Gasteiger partial charge >= 0.3 is 0 Å². The molecule has 0 spiro atoms. The molecule has 1 aliphatic carbocycles. The van der Waals surface area contributed by atoms with E-state index in [2.05, 4.69) is 60.7 Å². The Bertz CT molecular complexity index is 526. The fourth-order valence-corrected chi connectivity index (χ4v) is 4.15. The van der Waals surface area contributed by atoms with Gasteiger partial charge < -0.3 is 4.74 Å². The highest BCUT2D eigenvalue weighted by molar-refractivity contribution is 8.00. The summed E-state index contributed by atoms with van der Waals surface area (Å²) in [5, 5.41) is 0.588. The van der Waals surface area contributed by atoms with Gasteiger partial charge in [0.2, 0.25) is 0 Å². The van der Waals surface area contributed by atoms with Gasteiger partial charge in [-0.15, -0.1) is 11.8 Å². The molecule has 1 aliphatic rings. The lowest BCUT2D eigenvalue weighted by atomic mass is 9.97. The average molecular weight is 298 g/mol. The minimum Gasteiger partial charge on any atom is -0.372 e. The molecule has 0 heterocycles. The van der Waals surface area contributed by atoms with Crippen LogP contribution < -0.4 is 0 Å². The van der Waals surface area contributed by atoms with E-state index in [9.17, 15) is 0 Å². The molecule has 0 aromatic heterocycles. The molecule has 110 valence electrons. The normalized spacial score (nSPS) is 22.1. The van der Waals surface area contributed by atoms with Crippen LogP contribution in [0.2, 0.25) is 0 Å². The third-order valence-electron chi connectivity index (χ3n) is 3.98. The van der Waals surface area contributed by atoms with E-state index < -0.39 is 0 Å². The predicted octanol–water partition coefficient (Wildman–Crippen LogP) is 5.31. The number of rotatable bonds is 5. The van der Waals surface area contributed by atoms with Crippen LogP contribution in [0.5, 0.6) is 0 Å². The van der Waals surface area contributed by atoms with Gasteiger partial charge in [-0.25, -0.2) is 0 Å². The van der Waals surface area contributed by atoms with Crippen LogP contribution in [0, 0.1) is 0 Å². The van der Waals surface area contributed by atoms with Gasteiger partial charge in [-0.3, -0.25) is 0 Å². The van der Waals surface area contributed by atoms with Crippen LogP contribution in [0.15, 0.2) is 65.6 Å². The van der Waals surface area contributed by atoms with E-state index in [1.54, 1.807) is 0 Å². The molecule has 1 saturated carbocycles. The lowest BCUT2D eigenvalue weighted by molar-refractivity contribution is 0.0213. The largest absolute Gasteiger partial charge is 0.372 e. The molecular formula is C19H22OS. The van der Waals surface area contributed by atoms with Crippen molar-refractivity contribution in [1.29, 1.82) is 0 Å². The maximum Gasteiger partial charge on any atom is 0.0721 e. The molecule has 0 aliphatic heterocycles. The van der Waals surface area contributed by atoms with Crippen molar-refractivity contribution in [3.05, 3.63) is 66.2 Å². The van der Waals surface area contributed by atoms with Crippen LogP contribution in [-0.2, 0) is 11.3 Å². The maximum absolute atomic E-state index is 6.23. The summed E-state index contributed by atoms with van der Waals surface area (Å²) in [5.41, 5.74) is 1.27. The summed E-state index contributed by atoms with van der Waals surface area (Å²) in [6.07, 6.45) is 5.46. The van der Waals surface area contributed by atoms with Crippen molar-refractivity contribution in [1.82, 2.24) is 0 Å². The minimum atomic E-state index is 0.379. The molecule has 2 aromatic rings. The first kappa shape index (κ1) is 14.7. The van der Waals surface area contributed by atoms with Crippen molar-refractivity contribution in [2.75, 3.05) is 0 Å². The molecule has 0 unspecified atom stereocenters. The number of hydrogen-bond donors (Lipinski definition) is 0. The van der Waals surface area contributed by atoms with Gasteiger partial charge in [0.15, 0.2) is 0 Å². The SMILES string of the molecule is c1ccc(CO[C@H]2CCCC[C@@H]2Sc2ccccc2)cc1. The lowest BCUT2D eigenvalue weighted by Gasteiger charge is -2.31. The zero-order chi connectivity index (χ0) is 14.3. The molecule has 0 amide bonds. The number of benzene rings is 2. The summed E-state index contributed by atoms with van der Waals surface area (Å²) < 4.78 is 6.23. The summed E-state index contributed by atoms with van der Waals surface area (Å²) in [6.45, 7) is 0.733. The van der Waals surface area contributed by atoms with Crippen molar-refractivity contribution < 1.29 is 4.74 Å². The average Bonchev–Trinajstić information content (AvgIpc) is 2.56. The van der Waals surface area contributed by atoms with Gasteiger partial charge in [0.25, 0.3) is 0 Å². The van der Waals surface area contributed by atoms with Crippen LogP contribution in [0.3, 0.4) is 0 Å². The molecule has 1 nitrogen and oxygen atoms in total. The van der Waals surface area contributed by atoms with Gasteiger partial charge in [0.05, 0.1) is 12.7 Å². The van der Waals surface area contributed by atoms with Crippen molar-refractivity contribution in [2.45, 2.75) is 48.5 Å². The van der Waals surface area contributed by atoms with Gasteiger partial charge in [0.1, 0.15) is 0 Å². The van der Waals surface area contributed by atoms with Crippen molar-refractivity contribution in [3.8, 4) is 0 Å². The van der Waals surface area contributed by atoms with Crippen molar-refractivity contribution in [3.63, 3.8) is 0 Å². The molecule has 2 aromatic carbocycles. The molecule has 21 heavy (non-hydrogen) atoms. The first-order valence-corrected chi connectivity index (χ1v) is 8.67. The van der Waals surface area contributed by atoms with E-state index in [0.717, 1.165) is 6.61 Å². The highest BCUT2D eigenvalue weighted by Crippen LogP contribution is 2.35. The molecular weight excluding hydrogens is 276 g/mol. The smallest absolute Gasteiger partial charge is 0.0721 e. The number of hydrogen-bond acceptors (Lipinski definition) is 2. The molecule has 0 radical (unpaired) electrons.